The summed E-state index contributed by atoms with van der Waals surface area (Å²) in [4.78, 5) is 14.4. The molecular formula is C12H23N3O. The Morgan fingerprint density at radius 2 is 1.94 bits per heavy atom. The van der Waals surface area contributed by atoms with Crippen LogP contribution < -0.4 is 11.1 Å². The highest BCUT2D eigenvalue weighted by atomic mass is 16.2. The molecule has 0 radical (unpaired) electrons. The molecule has 2 fully saturated rings. The molecule has 1 aliphatic carbocycles. The number of piperazine rings is 1. The van der Waals surface area contributed by atoms with Gasteiger partial charge in [-0.25, -0.2) is 0 Å². The predicted octanol–water partition coefficient (Wildman–Crippen LogP) is 0.183. The first-order valence-corrected chi connectivity index (χ1v) is 6.52. The van der Waals surface area contributed by atoms with Gasteiger partial charge in [-0.2, -0.15) is 0 Å². The molecule has 1 heterocycles. The highest BCUT2D eigenvalue weighted by molar-refractivity contribution is 5.79. The van der Waals surface area contributed by atoms with Crippen LogP contribution in [0.5, 0.6) is 0 Å². The van der Waals surface area contributed by atoms with Crippen molar-refractivity contribution < 1.29 is 4.79 Å². The fourth-order valence-corrected chi connectivity index (χ4v) is 2.93. The number of carbonyl (C=O) groups is 1. The van der Waals surface area contributed by atoms with Gasteiger partial charge in [-0.15, -0.1) is 0 Å². The van der Waals surface area contributed by atoms with Gasteiger partial charge in [0, 0.05) is 32.1 Å². The molecular weight excluding hydrogens is 202 g/mol. The molecule has 4 heteroatoms. The molecule has 0 aromatic rings. The Morgan fingerprint density at radius 3 is 2.62 bits per heavy atom. The van der Waals surface area contributed by atoms with E-state index in [4.69, 9.17) is 5.73 Å². The summed E-state index contributed by atoms with van der Waals surface area (Å²) in [6.45, 7) is 4.28. The average Bonchev–Trinajstić information content (AvgIpc) is 2.39. The lowest BCUT2D eigenvalue weighted by molar-refractivity contribution is -0.139. The van der Waals surface area contributed by atoms with Crippen LogP contribution >= 0.6 is 0 Å². The van der Waals surface area contributed by atoms with Crippen molar-refractivity contribution in [2.24, 2.45) is 17.6 Å². The maximum absolute atomic E-state index is 12.4. The number of amides is 1. The van der Waals surface area contributed by atoms with Crippen LogP contribution in [-0.4, -0.2) is 43.5 Å². The normalized spacial score (nSPS) is 31.4. The van der Waals surface area contributed by atoms with E-state index >= 15 is 0 Å². The van der Waals surface area contributed by atoms with E-state index < -0.39 is 0 Å². The van der Waals surface area contributed by atoms with Crippen LogP contribution in [0.2, 0.25) is 0 Å². The van der Waals surface area contributed by atoms with Crippen molar-refractivity contribution in [2.75, 3.05) is 32.7 Å². The summed E-state index contributed by atoms with van der Waals surface area (Å²) in [6.07, 6.45) is 4.62. The van der Waals surface area contributed by atoms with E-state index in [-0.39, 0.29) is 5.92 Å². The van der Waals surface area contributed by atoms with Gasteiger partial charge in [0.05, 0.1) is 0 Å². The van der Waals surface area contributed by atoms with Gasteiger partial charge in [0.15, 0.2) is 0 Å². The van der Waals surface area contributed by atoms with Crippen molar-refractivity contribution in [3.05, 3.63) is 0 Å². The molecule has 16 heavy (non-hydrogen) atoms. The summed E-state index contributed by atoms with van der Waals surface area (Å²) < 4.78 is 0. The number of nitrogens with two attached hydrogens (primary N) is 1. The Morgan fingerprint density at radius 1 is 1.25 bits per heavy atom. The van der Waals surface area contributed by atoms with Crippen LogP contribution in [0.15, 0.2) is 0 Å². The second-order valence-electron chi connectivity index (χ2n) is 4.96. The van der Waals surface area contributed by atoms with Gasteiger partial charge in [-0.1, -0.05) is 12.8 Å². The molecule has 1 saturated carbocycles. The second-order valence-corrected chi connectivity index (χ2v) is 4.96. The van der Waals surface area contributed by atoms with Gasteiger partial charge < -0.3 is 16.0 Å². The standard InChI is InChI=1S/C12H23N3O/c13-9-10-3-1-2-4-11(10)12(16)15-7-5-14-6-8-15/h10-11,14H,1-9,13H2. The van der Waals surface area contributed by atoms with Crippen molar-refractivity contribution >= 4 is 5.91 Å². The molecule has 2 atom stereocenters. The van der Waals surface area contributed by atoms with Crippen molar-refractivity contribution in [3.8, 4) is 0 Å². The van der Waals surface area contributed by atoms with Crippen molar-refractivity contribution in [3.63, 3.8) is 0 Å². The summed E-state index contributed by atoms with van der Waals surface area (Å²) in [6, 6.07) is 0. The third-order valence-electron chi connectivity index (χ3n) is 3.96. The summed E-state index contributed by atoms with van der Waals surface area (Å²) in [7, 11) is 0. The molecule has 0 spiro atoms. The minimum Gasteiger partial charge on any atom is -0.340 e. The lowest BCUT2D eigenvalue weighted by atomic mass is 9.78. The zero-order valence-corrected chi connectivity index (χ0v) is 9.95. The number of carbonyl (C=O) groups excluding carboxylic acids is 1. The van der Waals surface area contributed by atoms with Gasteiger partial charge in [0.25, 0.3) is 0 Å². The topological polar surface area (TPSA) is 58.4 Å². The summed E-state index contributed by atoms with van der Waals surface area (Å²) >= 11 is 0. The van der Waals surface area contributed by atoms with Crippen LogP contribution in [0, 0.1) is 11.8 Å². The van der Waals surface area contributed by atoms with E-state index in [2.05, 4.69) is 5.32 Å². The summed E-state index contributed by atoms with van der Waals surface area (Å²) in [5.41, 5.74) is 5.78. The molecule has 4 nitrogen and oxygen atoms in total. The van der Waals surface area contributed by atoms with E-state index in [0.29, 0.717) is 18.4 Å². The van der Waals surface area contributed by atoms with E-state index in [0.717, 1.165) is 39.0 Å². The van der Waals surface area contributed by atoms with Crippen LogP contribution in [0.25, 0.3) is 0 Å². The number of nitrogens with zero attached hydrogens (tertiary/aromatic N) is 1. The molecule has 1 amide bonds. The Balaban J connectivity index is 1.95. The Kier molecular flexibility index (Phi) is 4.18. The molecule has 1 saturated heterocycles. The summed E-state index contributed by atoms with van der Waals surface area (Å²) in [5.74, 6) is 0.990. The van der Waals surface area contributed by atoms with Crippen LogP contribution in [0.4, 0.5) is 0 Å². The molecule has 2 unspecified atom stereocenters. The number of hydrogen-bond donors (Lipinski definition) is 2. The Bertz CT molecular complexity index is 238. The van der Waals surface area contributed by atoms with Crippen LogP contribution in [0.1, 0.15) is 25.7 Å². The van der Waals surface area contributed by atoms with Gasteiger partial charge in [-0.3, -0.25) is 4.79 Å². The number of hydrogen-bond acceptors (Lipinski definition) is 3. The number of nitrogens with one attached hydrogen (secondary N) is 1. The third-order valence-corrected chi connectivity index (χ3v) is 3.96. The molecule has 2 aliphatic rings. The largest absolute Gasteiger partial charge is 0.340 e. The van der Waals surface area contributed by atoms with Gasteiger partial charge in [0.2, 0.25) is 5.91 Å². The van der Waals surface area contributed by atoms with E-state index in [9.17, 15) is 4.79 Å². The molecule has 0 aromatic heterocycles. The fourth-order valence-electron chi connectivity index (χ4n) is 2.93. The highest BCUT2D eigenvalue weighted by Crippen LogP contribution is 2.30. The first kappa shape index (κ1) is 11.9. The lowest BCUT2D eigenvalue weighted by Crippen LogP contribution is -2.50. The monoisotopic (exact) mass is 225 g/mol. The Hall–Kier alpha value is -0.610. The molecule has 2 rings (SSSR count). The van der Waals surface area contributed by atoms with E-state index in [1.807, 2.05) is 4.90 Å². The van der Waals surface area contributed by atoms with Crippen LogP contribution in [-0.2, 0) is 4.79 Å². The van der Waals surface area contributed by atoms with E-state index in [1.165, 1.54) is 12.8 Å². The molecule has 0 aromatic carbocycles. The molecule has 1 aliphatic heterocycles. The van der Waals surface area contributed by atoms with Crippen molar-refractivity contribution in [1.29, 1.82) is 0 Å². The second kappa shape index (κ2) is 5.64. The zero-order valence-electron chi connectivity index (χ0n) is 9.95. The quantitative estimate of drug-likeness (QED) is 0.705. The smallest absolute Gasteiger partial charge is 0.226 e. The maximum atomic E-state index is 12.4. The maximum Gasteiger partial charge on any atom is 0.226 e. The van der Waals surface area contributed by atoms with Gasteiger partial charge in [-0.05, 0) is 25.3 Å². The van der Waals surface area contributed by atoms with Gasteiger partial charge in [0.1, 0.15) is 0 Å². The van der Waals surface area contributed by atoms with Crippen LogP contribution in [0.3, 0.4) is 0 Å². The molecule has 0 bridgehead atoms. The SMILES string of the molecule is NCC1CCCCC1C(=O)N1CCNCC1. The molecule has 92 valence electrons. The van der Waals surface area contributed by atoms with Gasteiger partial charge >= 0.3 is 0 Å². The lowest BCUT2D eigenvalue weighted by Gasteiger charge is -2.36. The number of rotatable bonds is 2. The Labute approximate surface area is 97.6 Å². The minimum absolute atomic E-state index is 0.205. The zero-order chi connectivity index (χ0) is 11.4. The first-order valence-electron chi connectivity index (χ1n) is 6.52. The fraction of sp³-hybridized carbons (Fsp3) is 0.917. The highest BCUT2D eigenvalue weighted by Gasteiger charge is 2.33. The van der Waals surface area contributed by atoms with E-state index in [1.54, 1.807) is 0 Å². The first-order chi connectivity index (χ1) is 7.83. The van der Waals surface area contributed by atoms with Crippen molar-refractivity contribution in [1.82, 2.24) is 10.2 Å². The predicted molar refractivity (Wildman–Crippen MR) is 64.0 cm³/mol. The third kappa shape index (κ3) is 2.55. The summed E-state index contributed by atoms with van der Waals surface area (Å²) in [5, 5.41) is 3.28. The minimum atomic E-state index is 0.205. The molecule has 3 N–H and O–H groups in total. The van der Waals surface area contributed by atoms with Crippen molar-refractivity contribution in [2.45, 2.75) is 25.7 Å². The average molecular weight is 225 g/mol.